The quantitative estimate of drug-likeness (QED) is 0.801. The maximum atomic E-state index is 11.5. The molecule has 0 unspecified atom stereocenters. The van der Waals surface area contributed by atoms with E-state index < -0.39 is 9.05 Å². The van der Waals surface area contributed by atoms with Gasteiger partial charge in [-0.2, -0.15) is 5.10 Å². The summed E-state index contributed by atoms with van der Waals surface area (Å²) >= 11 is 5.90. The molecule has 1 aromatic carbocycles. The summed E-state index contributed by atoms with van der Waals surface area (Å²) < 4.78 is 24.5. The molecule has 7 heteroatoms. The Morgan fingerprint density at radius 2 is 1.94 bits per heavy atom. The van der Waals surface area contributed by atoms with Gasteiger partial charge in [0.1, 0.15) is 4.90 Å². The van der Waals surface area contributed by atoms with Gasteiger partial charge in [-0.3, -0.25) is 0 Å². The molecule has 0 radical (unpaired) electrons. The molecule has 1 heterocycles. The Morgan fingerprint density at radius 3 is 2.44 bits per heavy atom. The van der Waals surface area contributed by atoms with Crippen LogP contribution in [0, 0.1) is 13.8 Å². The summed E-state index contributed by atoms with van der Waals surface area (Å²) in [6.45, 7) is 3.25. The molecular formula is C11H10Cl2N2O2S. The maximum Gasteiger partial charge on any atom is 0.264 e. The fourth-order valence-corrected chi connectivity index (χ4v) is 3.53. The summed E-state index contributed by atoms with van der Waals surface area (Å²) in [5.41, 5.74) is 1.52. The minimum absolute atomic E-state index is 0.0455. The number of hydrogen-bond acceptors (Lipinski definition) is 3. The molecule has 4 nitrogen and oxygen atoms in total. The molecule has 0 aliphatic heterocycles. The molecule has 0 amide bonds. The molecule has 0 saturated carbocycles. The van der Waals surface area contributed by atoms with Gasteiger partial charge in [0, 0.05) is 15.7 Å². The smallest absolute Gasteiger partial charge is 0.236 e. The number of nitrogens with zero attached hydrogens (tertiary/aromatic N) is 2. The van der Waals surface area contributed by atoms with E-state index in [2.05, 4.69) is 5.10 Å². The zero-order valence-corrected chi connectivity index (χ0v) is 12.0. The Labute approximate surface area is 115 Å². The summed E-state index contributed by atoms with van der Waals surface area (Å²) in [5, 5.41) is 4.73. The van der Waals surface area contributed by atoms with E-state index in [1.807, 2.05) is 0 Å². The van der Waals surface area contributed by atoms with Crippen molar-refractivity contribution in [2.24, 2.45) is 0 Å². The van der Waals surface area contributed by atoms with Gasteiger partial charge in [-0.1, -0.05) is 17.7 Å². The van der Waals surface area contributed by atoms with Crippen molar-refractivity contribution in [1.29, 1.82) is 0 Å². The highest BCUT2D eigenvalue weighted by molar-refractivity contribution is 8.13. The zero-order valence-electron chi connectivity index (χ0n) is 9.68. The normalized spacial score (nSPS) is 11.8. The van der Waals surface area contributed by atoms with E-state index >= 15 is 0 Å². The molecule has 0 atom stereocenters. The van der Waals surface area contributed by atoms with Crippen molar-refractivity contribution in [2.45, 2.75) is 18.7 Å². The van der Waals surface area contributed by atoms with E-state index in [0.29, 0.717) is 22.1 Å². The van der Waals surface area contributed by atoms with E-state index in [-0.39, 0.29) is 4.90 Å². The van der Waals surface area contributed by atoms with Gasteiger partial charge in [0.05, 0.1) is 17.1 Å². The van der Waals surface area contributed by atoms with E-state index in [1.54, 1.807) is 38.1 Å². The van der Waals surface area contributed by atoms with Crippen LogP contribution in [0.4, 0.5) is 0 Å². The van der Waals surface area contributed by atoms with Gasteiger partial charge in [-0.15, -0.1) is 0 Å². The molecule has 2 rings (SSSR count). The number of aromatic nitrogens is 2. The van der Waals surface area contributed by atoms with Crippen LogP contribution in [0.3, 0.4) is 0 Å². The van der Waals surface area contributed by atoms with Crippen LogP contribution in [0.25, 0.3) is 5.69 Å². The minimum Gasteiger partial charge on any atom is -0.236 e. The standard InChI is InChI=1S/C11H10Cl2N2O2S/c1-7-11(18(13,16)17)8(2)15(14-7)10-5-3-4-9(12)6-10/h3-6H,1-2H3. The molecule has 0 fully saturated rings. The van der Waals surface area contributed by atoms with Crippen LogP contribution >= 0.6 is 22.3 Å². The second-order valence-corrected chi connectivity index (χ2v) is 6.77. The first-order valence-electron chi connectivity index (χ1n) is 5.07. The van der Waals surface area contributed by atoms with Crippen LogP contribution < -0.4 is 0 Å². The fourth-order valence-electron chi connectivity index (χ4n) is 1.84. The predicted molar refractivity (Wildman–Crippen MR) is 71.1 cm³/mol. The summed E-state index contributed by atoms with van der Waals surface area (Å²) in [6, 6.07) is 6.99. The van der Waals surface area contributed by atoms with E-state index in [0.717, 1.165) is 0 Å². The van der Waals surface area contributed by atoms with Crippen LogP contribution in [-0.4, -0.2) is 18.2 Å². The van der Waals surface area contributed by atoms with Crippen LogP contribution in [0.2, 0.25) is 5.02 Å². The average Bonchev–Trinajstić information content (AvgIpc) is 2.53. The van der Waals surface area contributed by atoms with Crippen molar-refractivity contribution >= 4 is 31.3 Å². The lowest BCUT2D eigenvalue weighted by Gasteiger charge is -2.04. The van der Waals surface area contributed by atoms with Gasteiger partial charge < -0.3 is 0 Å². The van der Waals surface area contributed by atoms with Gasteiger partial charge in [0.25, 0.3) is 9.05 Å². The summed E-state index contributed by atoms with van der Waals surface area (Å²) in [4.78, 5) is 0.0455. The minimum atomic E-state index is -3.81. The molecule has 0 N–H and O–H groups in total. The highest BCUT2D eigenvalue weighted by atomic mass is 35.7. The Hall–Kier alpha value is -1.04. The number of rotatable bonds is 2. The molecule has 0 aliphatic carbocycles. The highest BCUT2D eigenvalue weighted by Crippen LogP contribution is 2.26. The molecule has 1 aromatic heterocycles. The number of hydrogen-bond donors (Lipinski definition) is 0. The van der Waals surface area contributed by atoms with Crippen molar-refractivity contribution in [3.63, 3.8) is 0 Å². The number of benzene rings is 1. The van der Waals surface area contributed by atoms with Gasteiger partial charge in [-0.25, -0.2) is 13.1 Å². The van der Waals surface area contributed by atoms with Gasteiger partial charge in [0.2, 0.25) is 0 Å². The third-order valence-corrected chi connectivity index (χ3v) is 4.30. The predicted octanol–water partition coefficient (Wildman–Crippen LogP) is 3.07. The van der Waals surface area contributed by atoms with Gasteiger partial charge in [0.15, 0.2) is 0 Å². The van der Waals surface area contributed by atoms with Gasteiger partial charge in [-0.05, 0) is 32.0 Å². The Morgan fingerprint density at radius 1 is 1.28 bits per heavy atom. The Balaban J connectivity index is 2.69. The molecule has 96 valence electrons. The van der Waals surface area contributed by atoms with Crippen molar-refractivity contribution < 1.29 is 8.42 Å². The van der Waals surface area contributed by atoms with Crippen LogP contribution in [-0.2, 0) is 9.05 Å². The zero-order chi connectivity index (χ0) is 13.5. The molecule has 0 saturated heterocycles. The lowest BCUT2D eigenvalue weighted by molar-refractivity contribution is 0.608. The lowest BCUT2D eigenvalue weighted by atomic mass is 10.3. The van der Waals surface area contributed by atoms with Crippen molar-refractivity contribution in [3.05, 3.63) is 40.7 Å². The summed E-state index contributed by atoms with van der Waals surface area (Å²) in [7, 11) is 1.59. The molecule has 0 spiro atoms. The van der Waals surface area contributed by atoms with Crippen LogP contribution in [0.15, 0.2) is 29.2 Å². The lowest BCUT2D eigenvalue weighted by Crippen LogP contribution is -2.00. The molecular weight excluding hydrogens is 295 g/mol. The fraction of sp³-hybridized carbons (Fsp3) is 0.182. The SMILES string of the molecule is Cc1nn(-c2cccc(Cl)c2)c(C)c1S(=O)(=O)Cl. The molecule has 0 aliphatic rings. The third kappa shape index (κ3) is 2.39. The average molecular weight is 305 g/mol. The van der Waals surface area contributed by atoms with Crippen molar-refractivity contribution in [2.75, 3.05) is 0 Å². The monoisotopic (exact) mass is 304 g/mol. The van der Waals surface area contributed by atoms with E-state index in [1.165, 1.54) is 4.68 Å². The number of aryl methyl sites for hydroxylation is 1. The topological polar surface area (TPSA) is 52.0 Å². The second-order valence-electron chi connectivity index (χ2n) is 3.83. The first-order chi connectivity index (χ1) is 8.30. The molecule has 18 heavy (non-hydrogen) atoms. The van der Waals surface area contributed by atoms with Gasteiger partial charge >= 0.3 is 0 Å². The van der Waals surface area contributed by atoms with E-state index in [9.17, 15) is 8.42 Å². The Bertz CT molecular complexity index is 708. The second kappa shape index (κ2) is 4.57. The Kier molecular flexibility index (Phi) is 3.40. The number of halogens is 2. The van der Waals surface area contributed by atoms with E-state index in [4.69, 9.17) is 22.3 Å². The van der Waals surface area contributed by atoms with Crippen molar-refractivity contribution in [1.82, 2.24) is 9.78 Å². The van der Waals surface area contributed by atoms with Crippen LogP contribution in [0.5, 0.6) is 0 Å². The molecule has 2 aromatic rings. The first kappa shape index (κ1) is 13.4. The van der Waals surface area contributed by atoms with Crippen molar-refractivity contribution in [3.8, 4) is 5.69 Å². The first-order valence-corrected chi connectivity index (χ1v) is 7.76. The summed E-state index contributed by atoms with van der Waals surface area (Å²) in [6.07, 6.45) is 0. The molecule has 0 bridgehead atoms. The largest absolute Gasteiger partial charge is 0.264 e. The maximum absolute atomic E-state index is 11.5. The highest BCUT2D eigenvalue weighted by Gasteiger charge is 2.22. The van der Waals surface area contributed by atoms with Crippen LogP contribution in [0.1, 0.15) is 11.4 Å². The summed E-state index contributed by atoms with van der Waals surface area (Å²) in [5.74, 6) is 0. The third-order valence-electron chi connectivity index (χ3n) is 2.52.